The van der Waals surface area contributed by atoms with Gasteiger partial charge in [0.15, 0.2) is 0 Å². The monoisotopic (exact) mass is 213 g/mol. The van der Waals surface area contributed by atoms with Gasteiger partial charge >= 0.3 is 0 Å². The summed E-state index contributed by atoms with van der Waals surface area (Å²) < 4.78 is 0. The Morgan fingerprint density at radius 2 is 2.00 bits per heavy atom. The van der Waals surface area contributed by atoms with E-state index in [1.54, 1.807) is 0 Å². The number of fused-ring (bicyclic) bond motifs is 1. The molecule has 2 N–H and O–H groups in total. The molecule has 2 aromatic carbocycles. The highest BCUT2D eigenvalue weighted by Gasteiger charge is 2.00. The van der Waals surface area contributed by atoms with Gasteiger partial charge in [-0.3, -0.25) is 0 Å². The van der Waals surface area contributed by atoms with E-state index in [1.807, 2.05) is 0 Å². The van der Waals surface area contributed by atoms with Crippen LogP contribution >= 0.6 is 0 Å². The average molecular weight is 213 g/mol. The van der Waals surface area contributed by atoms with Crippen molar-refractivity contribution in [1.29, 1.82) is 0 Å². The van der Waals surface area contributed by atoms with E-state index in [0.717, 1.165) is 0 Å². The van der Waals surface area contributed by atoms with Gasteiger partial charge in [0.2, 0.25) is 0 Å². The topological polar surface area (TPSA) is 26.0 Å². The van der Waals surface area contributed by atoms with Crippen molar-refractivity contribution < 1.29 is 0 Å². The summed E-state index contributed by atoms with van der Waals surface area (Å²) in [5.74, 6) is 0. The number of benzene rings is 2. The molecule has 0 fully saturated rings. The molecule has 1 heteroatoms. The maximum Gasteiger partial charge on any atom is 0.0184 e. The van der Waals surface area contributed by atoms with E-state index >= 15 is 0 Å². The van der Waals surface area contributed by atoms with E-state index in [0.29, 0.717) is 6.54 Å². The molecule has 0 aliphatic carbocycles. The lowest BCUT2D eigenvalue weighted by Crippen LogP contribution is -1.97. The standard InChI is InChI=1S/C15H19N/c1-2-3-5-12-8-9-15-13(10-12)6-4-7-14(15)11-16/h4,6-10H,2-3,5,11,16H2,1H3. The maximum absolute atomic E-state index is 5.73. The van der Waals surface area contributed by atoms with Crippen LogP contribution in [0, 0.1) is 0 Å². The zero-order chi connectivity index (χ0) is 11.4. The summed E-state index contributed by atoms with van der Waals surface area (Å²) >= 11 is 0. The Hall–Kier alpha value is -1.34. The highest BCUT2D eigenvalue weighted by atomic mass is 14.5. The number of nitrogens with two attached hydrogens (primary N) is 1. The van der Waals surface area contributed by atoms with Crippen LogP contribution in [0.5, 0.6) is 0 Å². The highest BCUT2D eigenvalue weighted by Crippen LogP contribution is 2.20. The summed E-state index contributed by atoms with van der Waals surface area (Å²) in [5.41, 5.74) is 8.40. The second kappa shape index (κ2) is 5.13. The van der Waals surface area contributed by atoms with E-state index in [4.69, 9.17) is 5.73 Å². The van der Waals surface area contributed by atoms with Crippen molar-refractivity contribution in [3.63, 3.8) is 0 Å². The predicted octanol–water partition coefficient (Wildman–Crippen LogP) is 3.64. The third-order valence-corrected chi connectivity index (χ3v) is 3.07. The second-order valence-electron chi connectivity index (χ2n) is 4.28. The highest BCUT2D eigenvalue weighted by molar-refractivity contribution is 5.86. The van der Waals surface area contributed by atoms with Crippen LogP contribution in [0.4, 0.5) is 0 Å². The number of hydrogen-bond donors (Lipinski definition) is 1. The van der Waals surface area contributed by atoms with Crippen molar-refractivity contribution in [2.24, 2.45) is 5.73 Å². The molecule has 0 aromatic heterocycles. The number of rotatable bonds is 4. The maximum atomic E-state index is 5.73. The van der Waals surface area contributed by atoms with Gasteiger partial charge in [-0.15, -0.1) is 0 Å². The number of aryl methyl sites for hydroxylation is 1. The molecule has 0 heterocycles. The molecule has 0 saturated heterocycles. The van der Waals surface area contributed by atoms with Crippen LogP contribution < -0.4 is 5.73 Å². The fourth-order valence-corrected chi connectivity index (χ4v) is 2.11. The van der Waals surface area contributed by atoms with Crippen LogP contribution in [0.2, 0.25) is 0 Å². The number of hydrogen-bond acceptors (Lipinski definition) is 1. The minimum atomic E-state index is 0.617. The van der Waals surface area contributed by atoms with Gasteiger partial charge in [0.1, 0.15) is 0 Å². The van der Waals surface area contributed by atoms with Crippen molar-refractivity contribution in [1.82, 2.24) is 0 Å². The molecule has 0 saturated carbocycles. The van der Waals surface area contributed by atoms with E-state index in [1.165, 1.54) is 41.2 Å². The molecule has 1 nitrogen and oxygen atoms in total. The molecule has 0 bridgehead atoms. The predicted molar refractivity (Wildman–Crippen MR) is 70.5 cm³/mol. The van der Waals surface area contributed by atoms with Crippen molar-refractivity contribution >= 4 is 10.8 Å². The average Bonchev–Trinajstić information content (AvgIpc) is 2.35. The molecule has 0 spiro atoms. The Morgan fingerprint density at radius 3 is 2.75 bits per heavy atom. The van der Waals surface area contributed by atoms with Crippen molar-refractivity contribution in [3.05, 3.63) is 47.5 Å². The van der Waals surface area contributed by atoms with Gasteiger partial charge in [-0.05, 0) is 34.7 Å². The Labute approximate surface area is 97.3 Å². The fraction of sp³-hybridized carbons (Fsp3) is 0.333. The molecule has 2 aromatic rings. The molecule has 16 heavy (non-hydrogen) atoms. The first-order valence-corrected chi connectivity index (χ1v) is 6.05. The van der Waals surface area contributed by atoms with Crippen LogP contribution in [0.1, 0.15) is 30.9 Å². The van der Waals surface area contributed by atoms with E-state index in [-0.39, 0.29) is 0 Å². The van der Waals surface area contributed by atoms with E-state index < -0.39 is 0 Å². The zero-order valence-electron chi connectivity index (χ0n) is 9.87. The normalized spacial score (nSPS) is 10.9. The number of unbranched alkanes of at least 4 members (excludes halogenated alkanes) is 1. The summed E-state index contributed by atoms with van der Waals surface area (Å²) in [7, 11) is 0. The summed E-state index contributed by atoms with van der Waals surface area (Å²) in [5, 5.41) is 2.61. The van der Waals surface area contributed by atoms with Gasteiger partial charge in [-0.1, -0.05) is 49.7 Å². The van der Waals surface area contributed by atoms with Crippen LogP contribution in [0.15, 0.2) is 36.4 Å². The van der Waals surface area contributed by atoms with E-state index in [2.05, 4.69) is 43.3 Å². The first kappa shape index (κ1) is 11.2. The molecule has 84 valence electrons. The van der Waals surface area contributed by atoms with Gasteiger partial charge in [0.05, 0.1) is 0 Å². The molecule has 0 amide bonds. The summed E-state index contributed by atoms with van der Waals surface area (Å²) in [6.45, 7) is 2.85. The van der Waals surface area contributed by atoms with Crippen molar-refractivity contribution in [2.75, 3.05) is 0 Å². The van der Waals surface area contributed by atoms with Crippen molar-refractivity contribution in [3.8, 4) is 0 Å². The van der Waals surface area contributed by atoms with Gasteiger partial charge in [-0.25, -0.2) is 0 Å². The summed E-state index contributed by atoms with van der Waals surface area (Å²) in [6.07, 6.45) is 3.70. The minimum absolute atomic E-state index is 0.617. The van der Waals surface area contributed by atoms with Crippen LogP contribution in [-0.4, -0.2) is 0 Å². The molecule has 0 radical (unpaired) electrons. The molecular formula is C15H19N. The second-order valence-corrected chi connectivity index (χ2v) is 4.28. The largest absolute Gasteiger partial charge is 0.326 e. The van der Waals surface area contributed by atoms with Crippen LogP contribution in [0.3, 0.4) is 0 Å². The van der Waals surface area contributed by atoms with Gasteiger partial charge in [-0.2, -0.15) is 0 Å². The third-order valence-electron chi connectivity index (χ3n) is 3.07. The zero-order valence-corrected chi connectivity index (χ0v) is 9.87. The lowest BCUT2D eigenvalue weighted by molar-refractivity contribution is 0.796. The van der Waals surface area contributed by atoms with E-state index in [9.17, 15) is 0 Å². The van der Waals surface area contributed by atoms with Crippen LogP contribution in [-0.2, 0) is 13.0 Å². The Bertz CT molecular complexity index is 474. The first-order chi connectivity index (χ1) is 7.85. The summed E-state index contributed by atoms with van der Waals surface area (Å²) in [4.78, 5) is 0. The lowest BCUT2D eigenvalue weighted by Gasteiger charge is -2.06. The van der Waals surface area contributed by atoms with Crippen LogP contribution in [0.25, 0.3) is 10.8 Å². The quantitative estimate of drug-likeness (QED) is 0.824. The molecule has 0 aliphatic heterocycles. The Morgan fingerprint density at radius 1 is 1.12 bits per heavy atom. The fourth-order valence-electron chi connectivity index (χ4n) is 2.11. The summed E-state index contributed by atoms with van der Waals surface area (Å²) in [6, 6.07) is 13.1. The lowest BCUT2D eigenvalue weighted by atomic mass is 10.00. The molecule has 0 atom stereocenters. The van der Waals surface area contributed by atoms with Crippen molar-refractivity contribution in [2.45, 2.75) is 32.7 Å². The Balaban J connectivity index is 2.39. The molecule has 0 unspecified atom stereocenters. The molecular weight excluding hydrogens is 194 g/mol. The SMILES string of the molecule is CCCCc1ccc2c(CN)cccc2c1. The molecule has 2 rings (SSSR count). The van der Waals surface area contributed by atoms with Gasteiger partial charge < -0.3 is 5.73 Å². The van der Waals surface area contributed by atoms with Gasteiger partial charge in [0, 0.05) is 6.54 Å². The molecule has 0 aliphatic rings. The van der Waals surface area contributed by atoms with Gasteiger partial charge in [0.25, 0.3) is 0 Å². The minimum Gasteiger partial charge on any atom is -0.326 e. The Kier molecular flexibility index (Phi) is 3.58. The smallest absolute Gasteiger partial charge is 0.0184 e. The first-order valence-electron chi connectivity index (χ1n) is 6.05. The third kappa shape index (κ3) is 2.25.